The quantitative estimate of drug-likeness (QED) is 0.842. The van der Waals surface area contributed by atoms with E-state index in [9.17, 15) is 0 Å². The maximum atomic E-state index is 5.42. The highest BCUT2D eigenvalue weighted by molar-refractivity contribution is 7.15. The topological polar surface area (TPSA) is 40.6 Å². The van der Waals surface area contributed by atoms with Crippen LogP contribution in [0, 0.1) is 6.92 Å². The summed E-state index contributed by atoms with van der Waals surface area (Å²) in [5.74, 6) is 2.05. The predicted octanol–water partition coefficient (Wildman–Crippen LogP) is 3.21. The molecule has 1 radical (unpaired) electrons. The van der Waals surface area contributed by atoms with Gasteiger partial charge in [-0.1, -0.05) is 0 Å². The van der Waals surface area contributed by atoms with E-state index in [4.69, 9.17) is 14.2 Å². The summed E-state index contributed by atoms with van der Waals surface area (Å²) in [6.45, 7) is 3.86. The van der Waals surface area contributed by atoms with Crippen molar-refractivity contribution in [2.75, 3.05) is 21.3 Å². The molecule has 0 fully saturated rings. The Balaban J connectivity index is 2.59. The summed E-state index contributed by atoms with van der Waals surface area (Å²) in [6.07, 6.45) is 2.55. The Morgan fingerprint density at radius 2 is 1.74 bits per heavy atom. The zero-order chi connectivity index (χ0) is 13.8. The summed E-state index contributed by atoms with van der Waals surface area (Å²) < 4.78 is 16.1. The molecule has 0 unspecified atom stereocenters. The van der Waals surface area contributed by atoms with Crippen LogP contribution in [0.2, 0.25) is 0 Å². The van der Waals surface area contributed by atoms with Gasteiger partial charge in [-0.2, -0.15) is 0 Å². The highest BCUT2D eigenvalue weighted by atomic mass is 32.1. The highest BCUT2D eigenvalue weighted by Crippen LogP contribution is 2.43. The van der Waals surface area contributed by atoms with Crippen LogP contribution in [0.5, 0.6) is 17.2 Å². The van der Waals surface area contributed by atoms with Crippen LogP contribution in [0.3, 0.4) is 0 Å². The van der Waals surface area contributed by atoms with Crippen LogP contribution in [0.15, 0.2) is 18.3 Å². The van der Waals surface area contributed by atoms with Crippen molar-refractivity contribution >= 4 is 11.3 Å². The number of thiazole rings is 1. The molecule has 0 saturated carbocycles. The first kappa shape index (κ1) is 13.7. The second-order valence-corrected chi connectivity index (χ2v) is 4.90. The van der Waals surface area contributed by atoms with Crippen LogP contribution in [0.25, 0.3) is 10.6 Å². The number of aromatic nitrogens is 1. The molecule has 1 aromatic carbocycles. The lowest BCUT2D eigenvalue weighted by atomic mass is 10.1. The number of methoxy groups -OCH3 is 3. The molecule has 1 aromatic heterocycles. The van der Waals surface area contributed by atoms with Crippen molar-refractivity contribution in [3.63, 3.8) is 0 Å². The van der Waals surface area contributed by atoms with Crippen LogP contribution in [0.1, 0.15) is 4.88 Å². The zero-order valence-corrected chi connectivity index (χ0v) is 12.0. The van der Waals surface area contributed by atoms with Crippen molar-refractivity contribution < 1.29 is 14.2 Å². The summed E-state index contributed by atoms with van der Waals surface area (Å²) in [7, 11) is 4.85. The lowest BCUT2D eigenvalue weighted by Gasteiger charge is -2.13. The third-order valence-electron chi connectivity index (χ3n) is 2.73. The number of ether oxygens (including phenoxy) is 3. The molecule has 0 bridgehead atoms. The molecule has 1 heterocycles. The Kier molecular flexibility index (Phi) is 4.27. The van der Waals surface area contributed by atoms with E-state index in [1.54, 1.807) is 32.7 Å². The molecule has 0 saturated heterocycles. The summed E-state index contributed by atoms with van der Waals surface area (Å²) >= 11 is 1.58. The second-order valence-electron chi connectivity index (χ2n) is 3.79. The molecule has 0 N–H and O–H groups in total. The van der Waals surface area contributed by atoms with Crippen LogP contribution in [-0.2, 0) is 6.42 Å². The fraction of sp³-hybridized carbons (Fsp3) is 0.286. The van der Waals surface area contributed by atoms with Gasteiger partial charge >= 0.3 is 0 Å². The minimum Gasteiger partial charge on any atom is -0.496 e. The first-order chi connectivity index (χ1) is 9.23. The van der Waals surface area contributed by atoms with Gasteiger partial charge in [0.25, 0.3) is 0 Å². The van der Waals surface area contributed by atoms with Gasteiger partial charge in [0, 0.05) is 23.2 Å². The third-order valence-corrected chi connectivity index (χ3v) is 3.80. The van der Waals surface area contributed by atoms with Crippen LogP contribution >= 0.6 is 11.3 Å². The minimum atomic E-state index is 0.682. The highest BCUT2D eigenvalue weighted by Gasteiger charge is 2.18. The minimum absolute atomic E-state index is 0.682. The average molecular weight is 278 g/mol. The van der Waals surface area contributed by atoms with E-state index in [1.165, 1.54) is 0 Å². The number of nitrogens with zero attached hydrogens (tertiary/aromatic N) is 1. The van der Waals surface area contributed by atoms with Crippen molar-refractivity contribution in [1.29, 1.82) is 0 Å². The maximum Gasteiger partial charge on any atom is 0.136 e. The molecule has 0 aliphatic carbocycles. The second kappa shape index (κ2) is 5.93. The Morgan fingerprint density at radius 3 is 2.16 bits per heavy atom. The Labute approximate surface area is 117 Å². The van der Waals surface area contributed by atoms with Gasteiger partial charge in [-0.3, -0.25) is 0 Å². The van der Waals surface area contributed by atoms with Gasteiger partial charge in [0.1, 0.15) is 22.3 Å². The van der Waals surface area contributed by atoms with Gasteiger partial charge in [-0.25, -0.2) is 4.98 Å². The van der Waals surface area contributed by atoms with Gasteiger partial charge in [0.05, 0.1) is 26.9 Å². The number of hydrogen-bond donors (Lipinski definition) is 0. The molecule has 0 amide bonds. The van der Waals surface area contributed by atoms with E-state index in [2.05, 4.69) is 11.9 Å². The summed E-state index contributed by atoms with van der Waals surface area (Å²) in [5.41, 5.74) is 0.843. The van der Waals surface area contributed by atoms with Gasteiger partial charge in [-0.15, -0.1) is 11.3 Å². The normalized spacial score (nSPS) is 10.3. The lowest BCUT2D eigenvalue weighted by Crippen LogP contribution is -1.94. The molecule has 0 atom stereocenters. The van der Waals surface area contributed by atoms with Crippen molar-refractivity contribution in [1.82, 2.24) is 4.98 Å². The molecule has 0 spiro atoms. The molecule has 2 rings (SSSR count). The van der Waals surface area contributed by atoms with Crippen LogP contribution < -0.4 is 14.2 Å². The van der Waals surface area contributed by atoms with E-state index in [1.807, 2.05) is 18.3 Å². The molecule has 4 nitrogen and oxygen atoms in total. The molecule has 5 heteroatoms. The predicted molar refractivity (Wildman–Crippen MR) is 76.3 cm³/mol. The van der Waals surface area contributed by atoms with Crippen molar-refractivity contribution in [3.05, 3.63) is 30.1 Å². The largest absolute Gasteiger partial charge is 0.496 e. The van der Waals surface area contributed by atoms with E-state index < -0.39 is 0 Å². The van der Waals surface area contributed by atoms with E-state index in [0.717, 1.165) is 21.9 Å². The van der Waals surface area contributed by atoms with Gasteiger partial charge in [0.15, 0.2) is 0 Å². The standard InChI is InChI=1S/C14H16NO3S/c1-5-10-8-15-14(19-10)13-11(17-3)6-9(16-2)7-12(13)18-4/h6-8H,1,5H2,2-4H3. The van der Waals surface area contributed by atoms with Crippen LogP contribution in [-0.4, -0.2) is 26.3 Å². The SMILES string of the molecule is [CH2]Cc1cnc(-c2c(OC)cc(OC)cc2OC)s1. The Hall–Kier alpha value is -1.75. The van der Waals surface area contributed by atoms with E-state index in [0.29, 0.717) is 17.2 Å². The zero-order valence-electron chi connectivity index (χ0n) is 11.2. The van der Waals surface area contributed by atoms with Crippen molar-refractivity contribution in [3.8, 4) is 27.8 Å². The molecule has 0 aliphatic rings. The molecular weight excluding hydrogens is 262 g/mol. The van der Waals surface area contributed by atoms with Crippen molar-refractivity contribution in [2.24, 2.45) is 0 Å². The molecular formula is C14H16NO3S. The molecule has 101 valence electrons. The van der Waals surface area contributed by atoms with Gasteiger partial charge in [0.2, 0.25) is 0 Å². The van der Waals surface area contributed by atoms with Gasteiger partial charge in [-0.05, 0) is 13.3 Å². The van der Waals surface area contributed by atoms with E-state index >= 15 is 0 Å². The lowest BCUT2D eigenvalue weighted by molar-refractivity contribution is 0.377. The third kappa shape index (κ3) is 2.66. The number of benzene rings is 1. The molecule has 2 aromatic rings. The number of hydrogen-bond acceptors (Lipinski definition) is 5. The van der Waals surface area contributed by atoms with Crippen LogP contribution in [0.4, 0.5) is 0 Å². The Bertz CT molecular complexity index is 541. The monoisotopic (exact) mass is 278 g/mol. The number of rotatable bonds is 5. The van der Waals surface area contributed by atoms with Gasteiger partial charge < -0.3 is 14.2 Å². The van der Waals surface area contributed by atoms with Crippen molar-refractivity contribution in [2.45, 2.75) is 6.42 Å². The first-order valence-corrected chi connectivity index (χ1v) is 6.59. The summed E-state index contributed by atoms with van der Waals surface area (Å²) in [6, 6.07) is 3.65. The fourth-order valence-corrected chi connectivity index (χ4v) is 2.62. The first-order valence-electron chi connectivity index (χ1n) is 5.77. The summed E-state index contributed by atoms with van der Waals surface area (Å²) in [4.78, 5) is 5.53. The maximum absolute atomic E-state index is 5.42. The summed E-state index contributed by atoms with van der Waals surface area (Å²) in [5, 5.41) is 0.856. The molecule has 0 aliphatic heterocycles. The Morgan fingerprint density at radius 1 is 1.11 bits per heavy atom. The average Bonchev–Trinajstić information content (AvgIpc) is 2.94. The smallest absolute Gasteiger partial charge is 0.136 e. The molecule has 19 heavy (non-hydrogen) atoms. The fourth-order valence-electron chi connectivity index (χ4n) is 1.76. The van der Waals surface area contributed by atoms with E-state index in [-0.39, 0.29) is 0 Å².